The number of urea groups is 1. The second-order valence-electron chi connectivity index (χ2n) is 4.31. The third kappa shape index (κ3) is 3.75. The number of carboxylic acid groups (broad SMARTS) is 1. The monoisotopic (exact) mass is 286 g/mol. The third-order valence-corrected chi connectivity index (χ3v) is 2.83. The second kappa shape index (κ2) is 6.47. The lowest BCUT2D eigenvalue weighted by Crippen LogP contribution is -2.29. The van der Waals surface area contributed by atoms with Crippen LogP contribution in [0.3, 0.4) is 0 Å². The lowest BCUT2D eigenvalue weighted by atomic mass is 10.1. The van der Waals surface area contributed by atoms with Gasteiger partial charge in [-0.25, -0.2) is 14.6 Å². The number of aryl methyl sites for hydroxylation is 1. The van der Waals surface area contributed by atoms with E-state index in [-0.39, 0.29) is 11.4 Å². The van der Waals surface area contributed by atoms with Gasteiger partial charge in [0.1, 0.15) is 0 Å². The molecule has 3 N–H and O–H groups in total. The minimum Gasteiger partial charge on any atom is -0.476 e. The van der Waals surface area contributed by atoms with Gasteiger partial charge in [-0.2, -0.15) is 0 Å². The molecule has 0 aromatic carbocycles. The molecule has 7 heteroatoms. The van der Waals surface area contributed by atoms with Crippen molar-refractivity contribution in [2.24, 2.45) is 0 Å². The first-order valence-corrected chi connectivity index (χ1v) is 6.20. The van der Waals surface area contributed by atoms with E-state index >= 15 is 0 Å². The fourth-order valence-corrected chi connectivity index (χ4v) is 1.72. The molecule has 2 aromatic heterocycles. The lowest BCUT2D eigenvalue weighted by molar-refractivity contribution is 0.0691. The molecule has 0 saturated heterocycles. The van der Waals surface area contributed by atoms with E-state index in [1.807, 2.05) is 13.0 Å². The van der Waals surface area contributed by atoms with Crippen LogP contribution in [0.4, 0.5) is 10.5 Å². The van der Waals surface area contributed by atoms with Gasteiger partial charge >= 0.3 is 12.0 Å². The topological polar surface area (TPSA) is 104 Å². The Hall–Kier alpha value is -2.96. The SMILES string of the molecule is Cc1cnccc1CNC(=O)Nc1cccnc1C(=O)O. The van der Waals surface area contributed by atoms with E-state index < -0.39 is 12.0 Å². The van der Waals surface area contributed by atoms with Crippen LogP contribution in [0.1, 0.15) is 21.6 Å². The number of nitrogens with one attached hydrogen (secondary N) is 2. The maximum atomic E-state index is 11.8. The molecule has 0 unspecified atom stereocenters. The van der Waals surface area contributed by atoms with Gasteiger partial charge in [0.25, 0.3) is 0 Å². The highest BCUT2D eigenvalue weighted by molar-refractivity contribution is 5.98. The smallest absolute Gasteiger partial charge is 0.356 e. The average molecular weight is 286 g/mol. The first kappa shape index (κ1) is 14.4. The molecular weight excluding hydrogens is 272 g/mol. The Bertz CT molecular complexity index is 673. The maximum absolute atomic E-state index is 11.8. The van der Waals surface area contributed by atoms with Crippen molar-refractivity contribution in [1.29, 1.82) is 0 Å². The van der Waals surface area contributed by atoms with E-state index in [9.17, 15) is 9.59 Å². The molecule has 0 bridgehead atoms. The Balaban J connectivity index is 2.00. The fourth-order valence-electron chi connectivity index (χ4n) is 1.72. The number of anilines is 1. The summed E-state index contributed by atoms with van der Waals surface area (Å²) in [5.74, 6) is -1.20. The van der Waals surface area contributed by atoms with Crippen molar-refractivity contribution in [1.82, 2.24) is 15.3 Å². The van der Waals surface area contributed by atoms with E-state index in [2.05, 4.69) is 20.6 Å². The average Bonchev–Trinajstić information content (AvgIpc) is 2.47. The van der Waals surface area contributed by atoms with Crippen LogP contribution in [0.2, 0.25) is 0 Å². The summed E-state index contributed by atoms with van der Waals surface area (Å²) in [6, 6.07) is 4.34. The molecule has 7 nitrogen and oxygen atoms in total. The lowest BCUT2D eigenvalue weighted by Gasteiger charge is -2.10. The van der Waals surface area contributed by atoms with Crippen LogP contribution in [-0.2, 0) is 6.54 Å². The molecule has 0 saturated carbocycles. The molecule has 2 aromatic rings. The van der Waals surface area contributed by atoms with Crippen molar-refractivity contribution < 1.29 is 14.7 Å². The molecule has 2 amide bonds. The van der Waals surface area contributed by atoms with Gasteiger partial charge in [-0.3, -0.25) is 4.98 Å². The Morgan fingerprint density at radius 3 is 2.81 bits per heavy atom. The molecule has 0 fully saturated rings. The number of carbonyl (C=O) groups excluding carboxylic acids is 1. The molecule has 0 aliphatic rings. The summed E-state index contributed by atoms with van der Waals surface area (Å²) in [6.45, 7) is 2.22. The van der Waals surface area contributed by atoms with Crippen molar-refractivity contribution in [2.75, 3.05) is 5.32 Å². The Kier molecular flexibility index (Phi) is 4.45. The molecule has 2 heterocycles. The first-order chi connectivity index (χ1) is 10.1. The predicted octanol–water partition coefficient (Wildman–Crippen LogP) is 1.80. The standard InChI is InChI=1S/C14H14N4O3/c1-9-7-15-6-4-10(9)8-17-14(21)18-11-3-2-5-16-12(11)13(19)20/h2-7H,8H2,1H3,(H,19,20)(H2,17,18,21). The van der Waals surface area contributed by atoms with Gasteiger partial charge in [-0.05, 0) is 36.2 Å². The van der Waals surface area contributed by atoms with Gasteiger partial charge in [0.15, 0.2) is 5.69 Å². The van der Waals surface area contributed by atoms with Crippen molar-refractivity contribution in [3.63, 3.8) is 0 Å². The Morgan fingerprint density at radius 2 is 2.10 bits per heavy atom. The number of amides is 2. The van der Waals surface area contributed by atoms with Crippen molar-refractivity contribution in [2.45, 2.75) is 13.5 Å². The Labute approximate surface area is 121 Å². The number of rotatable bonds is 4. The van der Waals surface area contributed by atoms with Crippen LogP contribution >= 0.6 is 0 Å². The maximum Gasteiger partial charge on any atom is 0.356 e. The molecule has 21 heavy (non-hydrogen) atoms. The van der Waals surface area contributed by atoms with Crippen molar-refractivity contribution >= 4 is 17.7 Å². The molecule has 0 aliphatic heterocycles. The van der Waals surface area contributed by atoms with Crippen LogP contribution in [0, 0.1) is 6.92 Å². The molecule has 0 spiro atoms. The number of aromatic nitrogens is 2. The van der Waals surface area contributed by atoms with Gasteiger partial charge in [-0.15, -0.1) is 0 Å². The van der Waals surface area contributed by atoms with Gasteiger partial charge in [0, 0.05) is 25.1 Å². The number of hydrogen-bond acceptors (Lipinski definition) is 4. The summed E-state index contributed by atoms with van der Waals surface area (Å²) in [5.41, 5.74) is 1.84. The number of nitrogens with zero attached hydrogens (tertiary/aromatic N) is 2. The minimum absolute atomic E-state index is 0.147. The van der Waals surface area contributed by atoms with Crippen molar-refractivity contribution in [3.05, 3.63) is 53.6 Å². The molecule has 0 aliphatic carbocycles. The number of pyridine rings is 2. The molecule has 0 atom stereocenters. The van der Waals surface area contributed by atoms with Crippen LogP contribution in [0.15, 0.2) is 36.8 Å². The number of carboxylic acids is 1. The van der Waals surface area contributed by atoms with Crippen LogP contribution in [0.5, 0.6) is 0 Å². The molecule has 0 radical (unpaired) electrons. The summed E-state index contributed by atoms with van der Waals surface area (Å²) in [4.78, 5) is 30.5. The third-order valence-electron chi connectivity index (χ3n) is 2.83. The number of hydrogen-bond donors (Lipinski definition) is 3. The van der Waals surface area contributed by atoms with Gasteiger partial charge in [-0.1, -0.05) is 0 Å². The number of aromatic carboxylic acids is 1. The van der Waals surface area contributed by atoms with Crippen LogP contribution in [-0.4, -0.2) is 27.1 Å². The van der Waals surface area contributed by atoms with Crippen LogP contribution < -0.4 is 10.6 Å². The van der Waals surface area contributed by atoms with Crippen LogP contribution in [0.25, 0.3) is 0 Å². The molecular formula is C14H14N4O3. The normalized spacial score (nSPS) is 9.95. The predicted molar refractivity (Wildman–Crippen MR) is 76.0 cm³/mol. The zero-order valence-electron chi connectivity index (χ0n) is 11.3. The second-order valence-corrected chi connectivity index (χ2v) is 4.31. The summed E-state index contributed by atoms with van der Waals surface area (Å²) in [7, 11) is 0. The summed E-state index contributed by atoms with van der Waals surface area (Å²) >= 11 is 0. The van der Waals surface area contributed by atoms with E-state index in [1.54, 1.807) is 18.5 Å². The van der Waals surface area contributed by atoms with E-state index in [0.29, 0.717) is 6.54 Å². The zero-order chi connectivity index (χ0) is 15.2. The fraction of sp³-hybridized carbons (Fsp3) is 0.143. The zero-order valence-corrected chi connectivity index (χ0v) is 11.3. The highest BCUT2D eigenvalue weighted by Crippen LogP contribution is 2.12. The summed E-state index contributed by atoms with van der Waals surface area (Å²) in [6.07, 6.45) is 4.71. The van der Waals surface area contributed by atoms with Gasteiger partial charge in [0.2, 0.25) is 0 Å². The first-order valence-electron chi connectivity index (χ1n) is 6.20. The molecule has 2 rings (SSSR count). The Morgan fingerprint density at radius 1 is 1.29 bits per heavy atom. The summed E-state index contributed by atoms with van der Waals surface area (Å²) in [5, 5.41) is 14.1. The van der Waals surface area contributed by atoms with E-state index in [4.69, 9.17) is 5.11 Å². The molecule has 108 valence electrons. The largest absolute Gasteiger partial charge is 0.476 e. The van der Waals surface area contributed by atoms with Gasteiger partial charge in [0.05, 0.1) is 5.69 Å². The quantitative estimate of drug-likeness (QED) is 0.795. The van der Waals surface area contributed by atoms with Gasteiger partial charge < -0.3 is 15.7 Å². The summed E-state index contributed by atoms with van der Waals surface area (Å²) < 4.78 is 0. The minimum atomic E-state index is -1.20. The highest BCUT2D eigenvalue weighted by atomic mass is 16.4. The van der Waals surface area contributed by atoms with Crippen molar-refractivity contribution in [3.8, 4) is 0 Å². The van der Waals surface area contributed by atoms with E-state index in [0.717, 1.165) is 11.1 Å². The van der Waals surface area contributed by atoms with E-state index in [1.165, 1.54) is 12.3 Å². The highest BCUT2D eigenvalue weighted by Gasteiger charge is 2.13. The number of carbonyl (C=O) groups is 2.